The number of nitrogens with zero attached hydrogens (tertiary/aromatic N) is 2. The molecule has 0 atom stereocenters. The van der Waals surface area contributed by atoms with Crippen LogP contribution in [0.5, 0.6) is 0 Å². The van der Waals surface area contributed by atoms with Crippen molar-refractivity contribution >= 4 is 28.3 Å². The van der Waals surface area contributed by atoms with Crippen LogP contribution < -0.4 is 10.6 Å². The number of anilines is 1. The molecule has 27 heavy (non-hydrogen) atoms. The van der Waals surface area contributed by atoms with Crippen LogP contribution in [0, 0.1) is 0 Å². The summed E-state index contributed by atoms with van der Waals surface area (Å²) < 4.78 is 10.4. The molecule has 146 valence electrons. The number of nitrogens with one attached hydrogen (secondary N) is 2. The van der Waals surface area contributed by atoms with E-state index in [9.17, 15) is 9.59 Å². The fourth-order valence-corrected chi connectivity index (χ4v) is 3.54. The third-order valence-electron chi connectivity index (χ3n) is 4.44. The van der Waals surface area contributed by atoms with E-state index in [4.69, 9.17) is 9.15 Å². The van der Waals surface area contributed by atoms with Gasteiger partial charge >= 0.3 is 0 Å². The van der Waals surface area contributed by atoms with Crippen LogP contribution in [0.1, 0.15) is 30.1 Å². The number of rotatable bonds is 7. The molecule has 1 aliphatic rings. The summed E-state index contributed by atoms with van der Waals surface area (Å²) in [5.74, 6) is -0.238. The second-order valence-corrected chi connectivity index (χ2v) is 7.80. The summed E-state index contributed by atoms with van der Waals surface area (Å²) in [6, 6.07) is 3.22. The van der Waals surface area contributed by atoms with Crippen LogP contribution in [0.2, 0.25) is 0 Å². The van der Waals surface area contributed by atoms with Gasteiger partial charge in [0.05, 0.1) is 31.6 Å². The summed E-state index contributed by atoms with van der Waals surface area (Å²) in [5.41, 5.74) is 0.486. The average molecular weight is 392 g/mol. The second kappa shape index (κ2) is 8.64. The summed E-state index contributed by atoms with van der Waals surface area (Å²) in [4.78, 5) is 30.8. The molecule has 0 spiro atoms. The molecule has 2 N–H and O–H groups in total. The molecule has 3 heterocycles. The van der Waals surface area contributed by atoms with Crippen molar-refractivity contribution in [2.45, 2.75) is 25.8 Å². The predicted molar refractivity (Wildman–Crippen MR) is 102 cm³/mol. The van der Waals surface area contributed by atoms with E-state index in [2.05, 4.69) is 34.4 Å². The Bertz CT molecular complexity index is 766. The van der Waals surface area contributed by atoms with Gasteiger partial charge in [0.2, 0.25) is 5.91 Å². The van der Waals surface area contributed by atoms with Gasteiger partial charge in [-0.1, -0.05) is 0 Å². The highest BCUT2D eigenvalue weighted by atomic mass is 32.1. The molecule has 0 unspecified atom stereocenters. The summed E-state index contributed by atoms with van der Waals surface area (Å²) >= 11 is 1.28. The maximum absolute atomic E-state index is 12.3. The first kappa shape index (κ1) is 19.5. The van der Waals surface area contributed by atoms with Crippen LogP contribution >= 0.6 is 11.3 Å². The smallest absolute Gasteiger partial charge is 0.293 e. The van der Waals surface area contributed by atoms with Gasteiger partial charge in [0.1, 0.15) is 0 Å². The van der Waals surface area contributed by atoms with Gasteiger partial charge in [0, 0.05) is 30.6 Å². The van der Waals surface area contributed by atoms with E-state index >= 15 is 0 Å². The zero-order chi connectivity index (χ0) is 19.3. The van der Waals surface area contributed by atoms with Crippen molar-refractivity contribution in [1.82, 2.24) is 15.2 Å². The Hall–Kier alpha value is -2.23. The number of furan rings is 1. The number of ether oxygens (including phenoxy) is 1. The minimum Gasteiger partial charge on any atom is -0.459 e. The molecule has 2 amide bonds. The molecule has 1 fully saturated rings. The lowest BCUT2D eigenvalue weighted by molar-refractivity contribution is -0.121. The van der Waals surface area contributed by atoms with Crippen LogP contribution in [-0.2, 0) is 16.0 Å². The molecule has 0 saturated carbocycles. The van der Waals surface area contributed by atoms with Gasteiger partial charge in [-0.3, -0.25) is 19.8 Å². The van der Waals surface area contributed by atoms with Crippen LogP contribution in [0.15, 0.2) is 28.2 Å². The zero-order valence-corrected chi connectivity index (χ0v) is 16.3. The van der Waals surface area contributed by atoms with Crippen LogP contribution in [0.25, 0.3) is 0 Å². The lowest BCUT2D eigenvalue weighted by Crippen LogP contribution is -2.55. The lowest BCUT2D eigenvalue weighted by atomic mass is 10.0. The minimum absolute atomic E-state index is 0.0921. The molecule has 9 heteroatoms. The standard InChI is InChI=1S/C18H24N4O4S/c1-18(2,22-5-8-25-9-6-22)12-19-15(23)10-13-11-27-17(20-13)21-16(24)14-4-3-7-26-14/h3-4,7,11H,5-6,8-10,12H2,1-2H3,(H,19,23)(H,20,21,24). The molecule has 0 aliphatic carbocycles. The Balaban J connectivity index is 1.47. The van der Waals surface area contributed by atoms with Crippen molar-refractivity contribution in [3.05, 3.63) is 35.2 Å². The van der Waals surface area contributed by atoms with Crippen molar-refractivity contribution in [2.75, 3.05) is 38.2 Å². The lowest BCUT2D eigenvalue weighted by Gasteiger charge is -2.40. The highest BCUT2D eigenvalue weighted by Crippen LogP contribution is 2.18. The van der Waals surface area contributed by atoms with E-state index in [0.29, 0.717) is 17.4 Å². The highest BCUT2D eigenvalue weighted by Gasteiger charge is 2.28. The second-order valence-electron chi connectivity index (χ2n) is 6.94. The number of aromatic nitrogens is 1. The van der Waals surface area contributed by atoms with Gasteiger partial charge in [-0.2, -0.15) is 0 Å². The van der Waals surface area contributed by atoms with Gasteiger partial charge in [-0.15, -0.1) is 11.3 Å². The fourth-order valence-electron chi connectivity index (χ4n) is 2.83. The van der Waals surface area contributed by atoms with Crippen LogP contribution in [-0.4, -0.2) is 60.1 Å². The van der Waals surface area contributed by atoms with E-state index < -0.39 is 0 Å². The predicted octanol–water partition coefficient (Wildman–Crippen LogP) is 1.76. The van der Waals surface area contributed by atoms with E-state index in [1.165, 1.54) is 17.6 Å². The van der Waals surface area contributed by atoms with Gasteiger partial charge in [-0.25, -0.2) is 4.98 Å². The van der Waals surface area contributed by atoms with Crippen LogP contribution in [0.4, 0.5) is 5.13 Å². The molecule has 0 bridgehead atoms. The SMILES string of the molecule is CC(C)(CNC(=O)Cc1csc(NC(=O)c2ccco2)n1)N1CCOCC1. The summed E-state index contributed by atoms with van der Waals surface area (Å²) in [5, 5.41) is 7.85. The van der Waals surface area contributed by atoms with Crippen LogP contribution in [0.3, 0.4) is 0 Å². The number of morpholine rings is 1. The molecule has 1 aliphatic heterocycles. The molecule has 0 aromatic carbocycles. The maximum Gasteiger partial charge on any atom is 0.293 e. The Labute approximate surface area is 161 Å². The monoisotopic (exact) mass is 392 g/mol. The Morgan fingerprint density at radius 3 is 2.81 bits per heavy atom. The number of amides is 2. The Morgan fingerprint density at radius 2 is 2.11 bits per heavy atom. The third kappa shape index (κ3) is 5.38. The third-order valence-corrected chi connectivity index (χ3v) is 5.25. The first-order chi connectivity index (χ1) is 12.9. The topological polar surface area (TPSA) is 96.7 Å². The van der Waals surface area contributed by atoms with Crippen molar-refractivity contribution < 1.29 is 18.7 Å². The summed E-state index contributed by atoms with van der Waals surface area (Å²) in [6.07, 6.45) is 1.61. The molecule has 2 aromatic rings. The van der Waals surface area contributed by atoms with E-state index in [1.54, 1.807) is 17.5 Å². The highest BCUT2D eigenvalue weighted by molar-refractivity contribution is 7.14. The van der Waals surface area contributed by atoms with Crippen molar-refractivity contribution in [3.8, 4) is 0 Å². The summed E-state index contributed by atoms with van der Waals surface area (Å²) in [7, 11) is 0. The number of thiazole rings is 1. The number of hydrogen-bond acceptors (Lipinski definition) is 7. The largest absolute Gasteiger partial charge is 0.459 e. The molecule has 0 radical (unpaired) electrons. The van der Waals surface area contributed by atoms with Gasteiger partial charge in [0.15, 0.2) is 10.9 Å². The quantitative estimate of drug-likeness (QED) is 0.745. The first-order valence-electron chi connectivity index (χ1n) is 8.83. The fraction of sp³-hybridized carbons (Fsp3) is 0.500. The molecule has 8 nitrogen and oxygen atoms in total. The molecule has 1 saturated heterocycles. The minimum atomic E-state index is -0.363. The van der Waals surface area contributed by atoms with E-state index in [1.807, 2.05) is 0 Å². The first-order valence-corrected chi connectivity index (χ1v) is 9.71. The average Bonchev–Trinajstić information content (AvgIpc) is 3.33. The maximum atomic E-state index is 12.3. The van der Waals surface area contributed by atoms with Gasteiger partial charge < -0.3 is 14.5 Å². The summed E-state index contributed by atoms with van der Waals surface area (Å²) in [6.45, 7) is 7.97. The Morgan fingerprint density at radius 1 is 1.33 bits per heavy atom. The Kier molecular flexibility index (Phi) is 6.25. The van der Waals surface area contributed by atoms with Crippen molar-refractivity contribution in [3.63, 3.8) is 0 Å². The number of carbonyl (C=O) groups excluding carboxylic acids is 2. The zero-order valence-electron chi connectivity index (χ0n) is 15.5. The van der Waals surface area contributed by atoms with E-state index in [-0.39, 0.29) is 29.5 Å². The molecular formula is C18H24N4O4S. The molecule has 2 aromatic heterocycles. The van der Waals surface area contributed by atoms with Gasteiger partial charge in [0.25, 0.3) is 5.91 Å². The number of carbonyl (C=O) groups is 2. The molecule has 3 rings (SSSR count). The van der Waals surface area contributed by atoms with Gasteiger partial charge in [-0.05, 0) is 26.0 Å². The van der Waals surface area contributed by atoms with Crippen molar-refractivity contribution in [2.24, 2.45) is 0 Å². The van der Waals surface area contributed by atoms with E-state index in [0.717, 1.165) is 26.3 Å². The molecular weight excluding hydrogens is 368 g/mol. The normalized spacial score (nSPS) is 15.5. The van der Waals surface area contributed by atoms with Crippen molar-refractivity contribution in [1.29, 1.82) is 0 Å². The number of hydrogen-bond donors (Lipinski definition) is 2.